The van der Waals surface area contributed by atoms with Crippen LogP contribution in [0.1, 0.15) is 54.0 Å². The van der Waals surface area contributed by atoms with Gasteiger partial charge in [-0.3, -0.25) is 0 Å². The van der Waals surface area contributed by atoms with Crippen molar-refractivity contribution in [2.45, 2.75) is 54.2 Å². The fourth-order valence-electron chi connectivity index (χ4n) is 9.45. The van der Waals surface area contributed by atoms with Crippen molar-refractivity contribution >= 4 is 41.0 Å². The van der Waals surface area contributed by atoms with Crippen molar-refractivity contribution in [2.24, 2.45) is 5.92 Å². The molecule has 53 heavy (non-hydrogen) atoms. The van der Waals surface area contributed by atoms with Gasteiger partial charge in [0.05, 0.1) is 17.0 Å². The molecule has 2 aliphatic heterocycles. The maximum absolute atomic E-state index is 2.58. The molecule has 10 rings (SSSR count). The summed E-state index contributed by atoms with van der Waals surface area (Å²) in [6.07, 6.45) is 23.4. The Morgan fingerprint density at radius 2 is 1.49 bits per heavy atom. The Morgan fingerprint density at radius 3 is 2.40 bits per heavy atom. The smallest absolute Gasteiger partial charge is 0.0683 e. The van der Waals surface area contributed by atoms with Gasteiger partial charge in [0.1, 0.15) is 0 Å². The molecule has 0 radical (unpaired) electrons. The molecule has 0 spiro atoms. The van der Waals surface area contributed by atoms with Crippen LogP contribution in [0.3, 0.4) is 0 Å². The number of benzene rings is 5. The van der Waals surface area contributed by atoms with E-state index in [1.165, 1.54) is 79.4 Å². The van der Waals surface area contributed by atoms with Crippen LogP contribution in [0, 0.1) is 5.92 Å². The zero-order valence-corrected chi connectivity index (χ0v) is 31.2. The van der Waals surface area contributed by atoms with Crippen molar-refractivity contribution in [1.29, 1.82) is 0 Å². The van der Waals surface area contributed by atoms with E-state index in [0.717, 1.165) is 6.54 Å². The summed E-state index contributed by atoms with van der Waals surface area (Å²) in [6, 6.07) is 43.2. The summed E-state index contributed by atoms with van der Waals surface area (Å²) in [7, 11) is 0. The third kappa shape index (κ3) is 5.65. The number of nitrogens with zero attached hydrogens (tertiary/aromatic N) is 2. The molecule has 0 saturated carbocycles. The highest BCUT2D eigenvalue weighted by atomic mass is 32.2. The lowest BCUT2D eigenvalue weighted by Crippen LogP contribution is -2.41. The van der Waals surface area contributed by atoms with Crippen molar-refractivity contribution < 1.29 is 0 Å². The maximum atomic E-state index is 2.58. The summed E-state index contributed by atoms with van der Waals surface area (Å²) in [6.45, 7) is 5.98. The molecule has 0 amide bonds. The number of hydrogen-bond donors (Lipinski definition) is 0. The second kappa shape index (κ2) is 13.0. The molecule has 0 fully saturated rings. The Labute approximate surface area is 318 Å². The molecule has 4 unspecified atom stereocenters. The average Bonchev–Trinajstić information content (AvgIpc) is 3.43. The van der Waals surface area contributed by atoms with E-state index in [1.54, 1.807) is 0 Å². The van der Waals surface area contributed by atoms with Gasteiger partial charge in [-0.2, -0.15) is 0 Å². The molecule has 4 atom stereocenters. The van der Waals surface area contributed by atoms with Crippen molar-refractivity contribution in [3.63, 3.8) is 0 Å². The summed E-state index contributed by atoms with van der Waals surface area (Å²) >= 11 is 1.97. The second-order valence-corrected chi connectivity index (χ2v) is 16.9. The maximum Gasteiger partial charge on any atom is 0.0683 e. The van der Waals surface area contributed by atoms with Crippen LogP contribution in [0.4, 0.5) is 17.1 Å². The Hall–Kier alpha value is -5.25. The van der Waals surface area contributed by atoms with E-state index in [1.807, 2.05) is 11.8 Å². The van der Waals surface area contributed by atoms with Gasteiger partial charge in [-0.05, 0) is 106 Å². The highest BCUT2D eigenvalue weighted by molar-refractivity contribution is 8.00. The fourth-order valence-corrected chi connectivity index (χ4v) is 10.7. The van der Waals surface area contributed by atoms with Crippen LogP contribution in [0.2, 0.25) is 0 Å². The minimum atomic E-state index is 0.0391. The number of aryl methyl sites for hydroxylation is 1. The molecule has 0 bridgehead atoms. The Balaban J connectivity index is 0.910. The minimum absolute atomic E-state index is 0.0391. The largest absolute Gasteiger partial charge is 0.342 e. The van der Waals surface area contributed by atoms with Gasteiger partial charge in [0.15, 0.2) is 0 Å². The molecular weight excluding hydrogens is 661 g/mol. The predicted octanol–water partition coefficient (Wildman–Crippen LogP) is 12.5. The quantitative estimate of drug-likeness (QED) is 0.168. The van der Waals surface area contributed by atoms with Gasteiger partial charge < -0.3 is 9.80 Å². The monoisotopic (exact) mass is 704 g/mol. The van der Waals surface area contributed by atoms with Crippen molar-refractivity contribution in [3.05, 3.63) is 191 Å². The van der Waals surface area contributed by atoms with E-state index < -0.39 is 0 Å². The molecular formula is C50H44N2S. The Kier molecular flexibility index (Phi) is 7.95. The standard InChI is InChI=1S/C50H44N2S/c1-50(2)43-31-35(25-27-41(43)42-28-26-39(33-44(42)50)51-29-11-16-36-13-3-4-18-45(36)51)24-23-34-12-9-14-37(30-34)38-15-10-17-40(32-38)52-46-19-5-7-21-48(46)53-49-22-8-6-20-47(49)52/h3-10,12-15,17-28,30-33,42,44,46,48H,11,16,29H2,1-2H3/b24-23+. The van der Waals surface area contributed by atoms with Gasteiger partial charge in [0.25, 0.3) is 0 Å². The van der Waals surface area contributed by atoms with Crippen LogP contribution in [0.25, 0.3) is 23.3 Å². The highest BCUT2D eigenvalue weighted by Gasteiger charge is 2.45. The van der Waals surface area contributed by atoms with Gasteiger partial charge in [0, 0.05) is 34.4 Å². The van der Waals surface area contributed by atoms with Gasteiger partial charge in [-0.15, -0.1) is 11.8 Å². The first-order valence-electron chi connectivity index (χ1n) is 19.2. The molecule has 3 heteroatoms. The lowest BCUT2D eigenvalue weighted by molar-refractivity contribution is 0.391. The third-order valence-electron chi connectivity index (χ3n) is 12.2. The second-order valence-electron chi connectivity index (χ2n) is 15.6. The molecule has 5 aromatic rings. The number of para-hydroxylation sites is 2. The van der Waals surface area contributed by atoms with Crippen molar-refractivity contribution in [2.75, 3.05) is 16.3 Å². The normalized spacial score (nSPS) is 23.2. The van der Waals surface area contributed by atoms with E-state index in [4.69, 9.17) is 0 Å². The number of hydrogen-bond acceptors (Lipinski definition) is 3. The molecule has 5 aliphatic rings. The zero-order chi connectivity index (χ0) is 35.5. The number of thioether (sulfide) groups is 1. The van der Waals surface area contributed by atoms with Gasteiger partial charge in [-0.25, -0.2) is 0 Å². The van der Waals surface area contributed by atoms with Crippen molar-refractivity contribution in [3.8, 4) is 11.1 Å². The molecule has 260 valence electrons. The molecule has 0 N–H and O–H groups in total. The lowest BCUT2D eigenvalue weighted by atomic mass is 9.74. The molecule has 5 aromatic carbocycles. The van der Waals surface area contributed by atoms with Crippen molar-refractivity contribution in [1.82, 2.24) is 0 Å². The topological polar surface area (TPSA) is 6.48 Å². The van der Waals surface area contributed by atoms with Gasteiger partial charge in [-0.1, -0.05) is 141 Å². The van der Waals surface area contributed by atoms with E-state index in [-0.39, 0.29) is 11.5 Å². The first kappa shape index (κ1) is 32.4. The fraction of sp³-hybridized carbons (Fsp3) is 0.200. The molecule has 0 aromatic heterocycles. The van der Waals surface area contributed by atoms with Crippen LogP contribution in [-0.2, 0) is 11.8 Å². The average molecular weight is 705 g/mol. The lowest BCUT2D eigenvalue weighted by Gasteiger charge is -2.42. The first-order valence-corrected chi connectivity index (χ1v) is 20.1. The van der Waals surface area contributed by atoms with Crippen LogP contribution in [0.15, 0.2) is 168 Å². The molecule has 0 saturated heterocycles. The molecule has 2 heterocycles. The minimum Gasteiger partial charge on any atom is -0.342 e. The number of anilines is 3. The van der Waals surface area contributed by atoms with E-state index in [0.29, 0.717) is 17.1 Å². The highest BCUT2D eigenvalue weighted by Crippen LogP contribution is 2.54. The number of rotatable bonds is 5. The van der Waals surface area contributed by atoms with Gasteiger partial charge >= 0.3 is 0 Å². The Morgan fingerprint density at radius 1 is 0.717 bits per heavy atom. The molecule has 3 aliphatic carbocycles. The van der Waals surface area contributed by atoms with Crippen LogP contribution in [-0.4, -0.2) is 17.8 Å². The summed E-state index contributed by atoms with van der Waals surface area (Å²) < 4.78 is 0. The Bertz CT molecular complexity index is 2390. The SMILES string of the molecule is CC1(C)c2cc(/C=C/c3cccc(-c4cccc(N5c6ccccc6SC6C=CC=CC65)c4)c3)ccc2C2C=CC(N3CCCc4ccccc43)=CC21. The molecule has 2 nitrogen and oxygen atoms in total. The predicted molar refractivity (Wildman–Crippen MR) is 226 cm³/mol. The number of allylic oxidation sites excluding steroid dienone is 5. The van der Waals surface area contributed by atoms with E-state index in [9.17, 15) is 0 Å². The van der Waals surface area contributed by atoms with Crippen LogP contribution >= 0.6 is 11.8 Å². The van der Waals surface area contributed by atoms with E-state index in [2.05, 4.69) is 194 Å². The first-order chi connectivity index (χ1) is 26.0. The van der Waals surface area contributed by atoms with Crippen LogP contribution < -0.4 is 9.80 Å². The van der Waals surface area contributed by atoms with E-state index >= 15 is 0 Å². The summed E-state index contributed by atoms with van der Waals surface area (Å²) in [5.74, 6) is 0.856. The third-order valence-corrected chi connectivity index (χ3v) is 13.5. The zero-order valence-electron chi connectivity index (χ0n) is 30.4. The summed E-state index contributed by atoms with van der Waals surface area (Å²) in [4.78, 5) is 6.41. The summed E-state index contributed by atoms with van der Waals surface area (Å²) in [5, 5.41) is 0.393. The summed E-state index contributed by atoms with van der Waals surface area (Å²) in [5.41, 5.74) is 14.6. The van der Waals surface area contributed by atoms with Gasteiger partial charge in [0.2, 0.25) is 0 Å². The number of fused-ring (bicyclic) bond motifs is 6. The van der Waals surface area contributed by atoms with Crippen LogP contribution in [0.5, 0.6) is 0 Å².